The van der Waals surface area contributed by atoms with E-state index in [0.29, 0.717) is 6.54 Å². The van der Waals surface area contributed by atoms with Crippen molar-refractivity contribution in [2.45, 2.75) is 6.54 Å². The van der Waals surface area contributed by atoms with E-state index in [1.165, 1.54) is 0 Å². The first-order valence-electron chi connectivity index (χ1n) is 4.72. The summed E-state index contributed by atoms with van der Waals surface area (Å²) in [5, 5.41) is 2.60. The van der Waals surface area contributed by atoms with Crippen molar-refractivity contribution in [3.8, 4) is 0 Å². The Bertz CT molecular complexity index is 370. The number of hydrogen-bond acceptors (Lipinski definition) is 4. The average Bonchev–Trinajstić information content (AvgIpc) is 2.28. The molecule has 0 aliphatic rings. The molecule has 2 amide bonds. The van der Waals surface area contributed by atoms with Gasteiger partial charge in [0.1, 0.15) is 5.92 Å². The third-order valence-electron chi connectivity index (χ3n) is 2.03. The number of nitrogens with zero attached hydrogens (tertiary/aromatic N) is 1. The van der Waals surface area contributed by atoms with Crippen LogP contribution in [0.15, 0.2) is 24.5 Å². The molecule has 0 aromatic carbocycles. The summed E-state index contributed by atoms with van der Waals surface area (Å²) in [6.45, 7) is 0.324. The second kappa shape index (κ2) is 6.12. The molecule has 0 spiro atoms. The van der Waals surface area contributed by atoms with E-state index in [2.05, 4.69) is 22.9 Å². The number of carbonyl (C=O) groups is 2. The van der Waals surface area contributed by atoms with Gasteiger partial charge in [0.15, 0.2) is 0 Å². The third kappa shape index (κ3) is 3.54. The lowest BCUT2D eigenvalue weighted by molar-refractivity contribution is -0.132. The van der Waals surface area contributed by atoms with Crippen molar-refractivity contribution in [1.29, 1.82) is 0 Å². The summed E-state index contributed by atoms with van der Waals surface area (Å²) in [6, 6.07) is 3.60. The number of rotatable bonds is 5. The predicted octanol–water partition coefficient (Wildman–Crippen LogP) is -0.271. The van der Waals surface area contributed by atoms with Crippen LogP contribution in [0.1, 0.15) is 5.56 Å². The summed E-state index contributed by atoms with van der Waals surface area (Å²) in [4.78, 5) is 26.3. The zero-order valence-electron chi connectivity index (χ0n) is 8.59. The van der Waals surface area contributed by atoms with E-state index in [4.69, 9.17) is 5.73 Å². The number of nitrogens with one attached hydrogen (secondary N) is 1. The predicted molar refractivity (Wildman–Crippen MR) is 62.6 cm³/mol. The van der Waals surface area contributed by atoms with Gasteiger partial charge in [-0.05, 0) is 11.6 Å². The van der Waals surface area contributed by atoms with E-state index in [1.54, 1.807) is 18.5 Å². The number of primary amides is 1. The minimum Gasteiger partial charge on any atom is -0.369 e. The summed E-state index contributed by atoms with van der Waals surface area (Å²) >= 11 is 3.90. The highest BCUT2D eigenvalue weighted by molar-refractivity contribution is 7.80. The Morgan fingerprint density at radius 2 is 2.31 bits per heavy atom. The molecule has 0 bridgehead atoms. The fraction of sp³-hybridized carbons (Fsp3) is 0.300. The van der Waals surface area contributed by atoms with E-state index >= 15 is 0 Å². The average molecular weight is 239 g/mol. The molecule has 0 aliphatic heterocycles. The maximum absolute atomic E-state index is 11.5. The minimum absolute atomic E-state index is 0.105. The molecule has 0 aliphatic carbocycles. The smallest absolute Gasteiger partial charge is 0.233 e. The maximum atomic E-state index is 11.5. The molecule has 1 atom stereocenters. The van der Waals surface area contributed by atoms with Gasteiger partial charge in [-0.1, -0.05) is 6.07 Å². The van der Waals surface area contributed by atoms with Gasteiger partial charge in [-0.15, -0.1) is 0 Å². The summed E-state index contributed by atoms with van der Waals surface area (Å²) in [7, 11) is 0. The van der Waals surface area contributed by atoms with Crippen molar-refractivity contribution >= 4 is 24.4 Å². The molecule has 5 nitrogen and oxygen atoms in total. The zero-order chi connectivity index (χ0) is 12.0. The Morgan fingerprint density at radius 1 is 1.56 bits per heavy atom. The number of carbonyl (C=O) groups excluding carboxylic acids is 2. The Hall–Kier alpha value is -1.56. The highest BCUT2D eigenvalue weighted by Crippen LogP contribution is 2.00. The molecule has 1 unspecified atom stereocenters. The van der Waals surface area contributed by atoms with Crippen LogP contribution in [0.25, 0.3) is 0 Å². The standard InChI is InChI=1S/C10H13N3O2S/c11-9(14)8(6-16)10(15)13-5-7-2-1-3-12-4-7/h1-4,8,16H,5-6H2,(H2,11,14)(H,13,15). The quantitative estimate of drug-likeness (QED) is 0.488. The highest BCUT2D eigenvalue weighted by Gasteiger charge is 2.22. The van der Waals surface area contributed by atoms with Crippen LogP contribution in [0.5, 0.6) is 0 Å². The molecule has 16 heavy (non-hydrogen) atoms. The second-order valence-electron chi connectivity index (χ2n) is 3.22. The lowest BCUT2D eigenvalue weighted by Crippen LogP contribution is -2.39. The number of pyridine rings is 1. The number of aromatic nitrogens is 1. The lowest BCUT2D eigenvalue weighted by atomic mass is 10.1. The fourth-order valence-electron chi connectivity index (χ4n) is 1.12. The van der Waals surface area contributed by atoms with Crippen molar-refractivity contribution < 1.29 is 9.59 Å². The van der Waals surface area contributed by atoms with Crippen molar-refractivity contribution in [3.05, 3.63) is 30.1 Å². The Kier molecular flexibility index (Phi) is 4.78. The van der Waals surface area contributed by atoms with Crippen LogP contribution in [-0.2, 0) is 16.1 Å². The van der Waals surface area contributed by atoms with E-state index in [1.807, 2.05) is 6.07 Å². The molecule has 1 aromatic rings. The Balaban J connectivity index is 2.49. The fourth-order valence-corrected chi connectivity index (χ4v) is 1.46. The molecule has 0 radical (unpaired) electrons. The van der Waals surface area contributed by atoms with Gasteiger partial charge >= 0.3 is 0 Å². The molecular formula is C10H13N3O2S. The molecule has 1 heterocycles. The number of amides is 2. The van der Waals surface area contributed by atoms with Gasteiger partial charge in [0.25, 0.3) is 0 Å². The van der Waals surface area contributed by atoms with Gasteiger partial charge in [-0.2, -0.15) is 12.6 Å². The van der Waals surface area contributed by atoms with Crippen LogP contribution in [-0.4, -0.2) is 22.6 Å². The summed E-state index contributed by atoms with van der Waals surface area (Å²) in [5.74, 6) is -1.86. The van der Waals surface area contributed by atoms with Crippen LogP contribution < -0.4 is 11.1 Å². The third-order valence-corrected chi connectivity index (χ3v) is 2.40. The SMILES string of the molecule is NC(=O)C(CS)C(=O)NCc1cccnc1. The molecular weight excluding hydrogens is 226 g/mol. The summed E-state index contributed by atoms with van der Waals surface area (Å²) < 4.78 is 0. The van der Waals surface area contributed by atoms with Crippen molar-refractivity contribution in [3.63, 3.8) is 0 Å². The summed E-state index contributed by atoms with van der Waals surface area (Å²) in [6.07, 6.45) is 3.28. The molecule has 0 saturated carbocycles. The Labute approximate surface area is 98.8 Å². The molecule has 0 saturated heterocycles. The monoisotopic (exact) mass is 239 g/mol. The first-order chi connectivity index (χ1) is 7.65. The van der Waals surface area contributed by atoms with Crippen molar-refractivity contribution in [1.82, 2.24) is 10.3 Å². The largest absolute Gasteiger partial charge is 0.369 e. The zero-order valence-corrected chi connectivity index (χ0v) is 9.48. The maximum Gasteiger partial charge on any atom is 0.233 e. The first-order valence-corrected chi connectivity index (χ1v) is 5.35. The number of thiol groups is 1. The molecule has 1 aromatic heterocycles. The van der Waals surface area contributed by atoms with Crippen LogP contribution in [0.3, 0.4) is 0 Å². The molecule has 86 valence electrons. The van der Waals surface area contributed by atoms with Gasteiger partial charge in [0.2, 0.25) is 11.8 Å². The van der Waals surface area contributed by atoms with Gasteiger partial charge in [0.05, 0.1) is 0 Å². The van der Waals surface area contributed by atoms with Gasteiger partial charge in [0, 0.05) is 24.7 Å². The first kappa shape index (κ1) is 12.5. The normalized spacial score (nSPS) is 11.8. The van der Waals surface area contributed by atoms with E-state index in [9.17, 15) is 9.59 Å². The van der Waals surface area contributed by atoms with E-state index < -0.39 is 17.7 Å². The minimum atomic E-state index is -0.889. The van der Waals surface area contributed by atoms with Crippen LogP contribution in [0.2, 0.25) is 0 Å². The van der Waals surface area contributed by atoms with Gasteiger partial charge < -0.3 is 11.1 Å². The second-order valence-corrected chi connectivity index (χ2v) is 3.58. The van der Waals surface area contributed by atoms with Crippen LogP contribution in [0, 0.1) is 5.92 Å². The molecule has 0 fully saturated rings. The lowest BCUT2D eigenvalue weighted by Gasteiger charge is -2.10. The number of hydrogen-bond donors (Lipinski definition) is 3. The van der Waals surface area contributed by atoms with E-state index in [-0.39, 0.29) is 5.75 Å². The Morgan fingerprint density at radius 3 is 2.81 bits per heavy atom. The van der Waals surface area contributed by atoms with Crippen LogP contribution >= 0.6 is 12.6 Å². The molecule has 1 rings (SSSR count). The summed E-state index contributed by atoms with van der Waals surface area (Å²) in [5.41, 5.74) is 5.92. The topological polar surface area (TPSA) is 85.1 Å². The highest BCUT2D eigenvalue weighted by atomic mass is 32.1. The molecule has 6 heteroatoms. The van der Waals surface area contributed by atoms with E-state index in [0.717, 1.165) is 5.56 Å². The van der Waals surface area contributed by atoms with Crippen LogP contribution in [0.4, 0.5) is 0 Å². The van der Waals surface area contributed by atoms with Gasteiger partial charge in [-0.25, -0.2) is 0 Å². The van der Waals surface area contributed by atoms with Gasteiger partial charge in [-0.3, -0.25) is 14.6 Å². The van der Waals surface area contributed by atoms with Crippen molar-refractivity contribution in [2.75, 3.05) is 5.75 Å². The number of nitrogens with two attached hydrogens (primary N) is 1. The van der Waals surface area contributed by atoms with Crippen molar-refractivity contribution in [2.24, 2.45) is 11.7 Å². The molecule has 3 N–H and O–H groups in total.